The molecule has 0 bridgehead atoms. The van der Waals surface area contributed by atoms with Crippen molar-refractivity contribution < 1.29 is 9.59 Å². The molecule has 2 aromatic rings. The molecular formula is C19H15N5O2S. The molecule has 134 valence electrons. The zero-order chi connectivity index (χ0) is 18.4. The summed E-state index contributed by atoms with van der Waals surface area (Å²) in [5.74, 6) is -0.423. The fourth-order valence-electron chi connectivity index (χ4n) is 2.97. The van der Waals surface area contributed by atoms with E-state index in [2.05, 4.69) is 26.1 Å². The van der Waals surface area contributed by atoms with Crippen LogP contribution in [0.15, 0.2) is 52.9 Å². The van der Waals surface area contributed by atoms with E-state index in [9.17, 15) is 9.59 Å². The van der Waals surface area contributed by atoms with Gasteiger partial charge in [0.2, 0.25) is 0 Å². The van der Waals surface area contributed by atoms with Crippen molar-refractivity contribution in [1.29, 1.82) is 0 Å². The number of aromatic nitrogens is 1. The van der Waals surface area contributed by atoms with E-state index in [1.54, 1.807) is 0 Å². The van der Waals surface area contributed by atoms with E-state index in [4.69, 9.17) is 0 Å². The van der Waals surface area contributed by atoms with E-state index in [-0.39, 0.29) is 17.9 Å². The molecule has 0 radical (unpaired) electrons. The first-order chi connectivity index (χ1) is 13.2. The van der Waals surface area contributed by atoms with Crippen molar-refractivity contribution in [3.63, 3.8) is 0 Å². The van der Waals surface area contributed by atoms with Gasteiger partial charge in [0.25, 0.3) is 11.8 Å². The number of anilines is 1. The molecule has 3 heterocycles. The Hall–Kier alpha value is -3.26. The molecule has 1 aromatic carbocycles. The predicted octanol–water partition coefficient (Wildman–Crippen LogP) is 2.26. The second-order valence-corrected chi connectivity index (χ2v) is 7.54. The Bertz CT molecular complexity index is 1060. The number of para-hydroxylation sites is 1. The van der Waals surface area contributed by atoms with Gasteiger partial charge < -0.3 is 10.6 Å². The molecule has 7 nitrogen and oxygen atoms in total. The normalized spacial score (nSPS) is 20.6. The number of allylic oxidation sites excluding steroid dienone is 1. The third-order valence-corrected chi connectivity index (χ3v) is 5.51. The first kappa shape index (κ1) is 16.0. The van der Waals surface area contributed by atoms with Crippen molar-refractivity contribution in [2.45, 2.75) is 18.9 Å². The number of fused-ring (bicyclic) bond motifs is 1. The van der Waals surface area contributed by atoms with Crippen molar-refractivity contribution in [1.82, 2.24) is 15.7 Å². The van der Waals surface area contributed by atoms with E-state index >= 15 is 0 Å². The predicted molar refractivity (Wildman–Crippen MR) is 103 cm³/mol. The number of benzene rings is 1. The Morgan fingerprint density at radius 3 is 2.93 bits per heavy atom. The highest BCUT2D eigenvalue weighted by molar-refractivity contribution is 7.15. The average Bonchev–Trinajstić information content (AvgIpc) is 3.21. The Labute approximate surface area is 158 Å². The molecule has 0 spiro atoms. The lowest BCUT2D eigenvalue weighted by atomic mass is 10.0. The summed E-state index contributed by atoms with van der Waals surface area (Å²) < 4.78 is 0. The van der Waals surface area contributed by atoms with Crippen LogP contribution in [-0.4, -0.2) is 28.6 Å². The highest BCUT2D eigenvalue weighted by atomic mass is 32.1. The van der Waals surface area contributed by atoms with Crippen LogP contribution in [0, 0.1) is 0 Å². The second-order valence-electron chi connectivity index (χ2n) is 6.51. The van der Waals surface area contributed by atoms with Crippen LogP contribution >= 0.6 is 11.3 Å². The number of hydrogen-bond acceptors (Lipinski definition) is 6. The van der Waals surface area contributed by atoms with Crippen LogP contribution in [-0.2, 0) is 4.79 Å². The molecule has 1 fully saturated rings. The van der Waals surface area contributed by atoms with E-state index in [1.165, 1.54) is 17.5 Å². The molecule has 2 amide bonds. The Kier molecular flexibility index (Phi) is 3.64. The lowest BCUT2D eigenvalue weighted by molar-refractivity contribution is -0.116. The molecule has 1 saturated carbocycles. The Morgan fingerprint density at radius 1 is 1.22 bits per heavy atom. The maximum Gasteiger partial charge on any atom is 0.275 e. The minimum absolute atomic E-state index is 0.127. The first-order valence-electron chi connectivity index (χ1n) is 8.63. The van der Waals surface area contributed by atoms with Crippen LogP contribution in [0.3, 0.4) is 0 Å². The standard InChI is InChI=1S/C19H15N5O2S/c25-17(21-11-6-7-11)14-9-20-19(27-14)16-15(18(26)24-23-16)13-8-5-10-3-1-2-4-12(10)22-13/h1-5,8-9,11,22H,6-7H2,(H,21,25)(H,24,26)/b15-13-. The van der Waals surface area contributed by atoms with Gasteiger partial charge in [-0.25, -0.2) is 10.4 Å². The highest BCUT2D eigenvalue weighted by Crippen LogP contribution is 2.29. The summed E-state index contributed by atoms with van der Waals surface area (Å²) in [6.07, 6.45) is 7.39. The van der Waals surface area contributed by atoms with Crippen LogP contribution in [0.4, 0.5) is 5.69 Å². The fourth-order valence-corrected chi connectivity index (χ4v) is 3.78. The van der Waals surface area contributed by atoms with E-state index < -0.39 is 0 Å². The van der Waals surface area contributed by atoms with Crippen LogP contribution < -0.4 is 16.1 Å². The van der Waals surface area contributed by atoms with Gasteiger partial charge in [0.1, 0.15) is 15.6 Å². The lowest BCUT2D eigenvalue weighted by Gasteiger charge is -2.17. The van der Waals surface area contributed by atoms with Gasteiger partial charge in [-0.3, -0.25) is 9.59 Å². The van der Waals surface area contributed by atoms with Crippen LogP contribution in [0.25, 0.3) is 6.08 Å². The quantitative estimate of drug-likeness (QED) is 0.715. The number of carbonyl (C=O) groups is 2. The minimum atomic E-state index is -0.296. The van der Waals surface area contributed by atoms with Crippen molar-refractivity contribution in [3.8, 4) is 0 Å². The van der Waals surface area contributed by atoms with Crippen LogP contribution in [0.1, 0.15) is 33.1 Å². The minimum Gasteiger partial charge on any atom is -0.354 e. The number of hydrogen-bond donors (Lipinski definition) is 3. The van der Waals surface area contributed by atoms with Gasteiger partial charge >= 0.3 is 0 Å². The smallest absolute Gasteiger partial charge is 0.275 e. The monoisotopic (exact) mass is 377 g/mol. The zero-order valence-corrected chi connectivity index (χ0v) is 15.0. The van der Waals surface area contributed by atoms with Crippen LogP contribution in [0.2, 0.25) is 0 Å². The van der Waals surface area contributed by atoms with Gasteiger partial charge in [0, 0.05) is 11.7 Å². The van der Waals surface area contributed by atoms with Gasteiger partial charge in [0.15, 0.2) is 0 Å². The van der Waals surface area contributed by atoms with Crippen molar-refractivity contribution in [2.75, 3.05) is 5.32 Å². The van der Waals surface area contributed by atoms with Gasteiger partial charge in [0.05, 0.1) is 17.5 Å². The molecule has 1 aliphatic carbocycles. The molecule has 5 rings (SSSR count). The Morgan fingerprint density at radius 2 is 2.07 bits per heavy atom. The molecule has 1 aromatic heterocycles. The summed E-state index contributed by atoms with van der Waals surface area (Å²) in [5.41, 5.74) is 5.99. The van der Waals surface area contributed by atoms with Gasteiger partial charge in [-0.05, 0) is 30.5 Å². The van der Waals surface area contributed by atoms with Gasteiger partial charge in [-0.1, -0.05) is 24.3 Å². The number of nitrogens with zero attached hydrogens (tertiary/aromatic N) is 2. The molecule has 3 aliphatic rings. The number of rotatable bonds is 3. The molecule has 0 unspecified atom stereocenters. The largest absolute Gasteiger partial charge is 0.354 e. The summed E-state index contributed by atoms with van der Waals surface area (Å²) in [5, 5.41) is 10.9. The maximum atomic E-state index is 12.4. The molecule has 2 aliphatic heterocycles. The van der Waals surface area contributed by atoms with Crippen molar-refractivity contribution in [3.05, 3.63) is 63.3 Å². The van der Waals surface area contributed by atoms with E-state index in [1.807, 2.05) is 36.4 Å². The zero-order valence-electron chi connectivity index (χ0n) is 14.2. The average molecular weight is 377 g/mol. The molecule has 0 atom stereocenters. The fraction of sp³-hybridized carbons (Fsp3) is 0.158. The molecule has 3 N–H and O–H groups in total. The molecular weight excluding hydrogens is 362 g/mol. The van der Waals surface area contributed by atoms with E-state index in [0.717, 1.165) is 24.1 Å². The number of carbonyl (C=O) groups excluding carboxylic acids is 2. The van der Waals surface area contributed by atoms with Gasteiger partial charge in [-0.15, -0.1) is 11.3 Å². The molecule has 8 heteroatoms. The number of amides is 2. The van der Waals surface area contributed by atoms with Gasteiger partial charge in [-0.2, -0.15) is 5.10 Å². The maximum absolute atomic E-state index is 12.4. The van der Waals surface area contributed by atoms with Crippen LogP contribution in [0.5, 0.6) is 0 Å². The first-order valence-corrected chi connectivity index (χ1v) is 9.44. The lowest BCUT2D eigenvalue weighted by Crippen LogP contribution is -2.24. The third kappa shape index (κ3) is 2.93. The second kappa shape index (κ2) is 6.17. The molecule has 27 heavy (non-hydrogen) atoms. The highest BCUT2D eigenvalue weighted by Gasteiger charge is 2.31. The summed E-state index contributed by atoms with van der Waals surface area (Å²) in [6.45, 7) is 0. The summed E-state index contributed by atoms with van der Waals surface area (Å²) in [7, 11) is 0. The van der Waals surface area contributed by atoms with Crippen molar-refractivity contribution >= 4 is 40.6 Å². The third-order valence-electron chi connectivity index (χ3n) is 4.51. The van der Waals surface area contributed by atoms with E-state index in [0.29, 0.717) is 26.9 Å². The number of nitrogens with one attached hydrogen (secondary N) is 3. The summed E-state index contributed by atoms with van der Waals surface area (Å²) in [4.78, 5) is 29.4. The number of hydrazone groups is 1. The molecule has 0 saturated heterocycles. The summed E-state index contributed by atoms with van der Waals surface area (Å²) in [6, 6.07) is 8.12. The van der Waals surface area contributed by atoms with Crippen molar-refractivity contribution in [2.24, 2.45) is 5.10 Å². The Balaban J connectivity index is 1.47. The number of thiazole rings is 1. The summed E-state index contributed by atoms with van der Waals surface area (Å²) >= 11 is 1.23. The topological polar surface area (TPSA) is 95.5 Å². The SMILES string of the molecule is O=C1NN=C(c2ncc(C(=O)NC3CC3)s2)/C1=C1\C=Cc2ccccc2N1.